The number of carbonyl (C=O) groups excluding carboxylic acids is 4. The summed E-state index contributed by atoms with van der Waals surface area (Å²) in [5, 5.41) is 42.6. The summed E-state index contributed by atoms with van der Waals surface area (Å²) in [4.78, 5) is 60.2. The molecule has 1 fully saturated rings. The van der Waals surface area contributed by atoms with E-state index < -0.39 is 54.5 Å². The summed E-state index contributed by atoms with van der Waals surface area (Å²) in [6.45, 7) is 6.22. The minimum atomic E-state index is -1.87. The van der Waals surface area contributed by atoms with E-state index in [1.807, 2.05) is 20.8 Å². The lowest BCUT2D eigenvalue weighted by atomic mass is 9.91. The van der Waals surface area contributed by atoms with Gasteiger partial charge in [-0.2, -0.15) is 0 Å². The first-order valence-electron chi connectivity index (χ1n) is 14.8. The Kier molecular flexibility index (Phi) is 12.6. The van der Waals surface area contributed by atoms with Gasteiger partial charge in [0.05, 0.1) is 0 Å². The van der Waals surface area contributed by atoms with Crippen LogP contribution in [0.5, 0.6) is 5.75 Å². The first kappa shape index (κ1) is 35.6. The van der Waals surface area contributed by atoms with Crippen molar-refractivity contribution in [2.45, 2.75) is 96.6 Å². The summed E-state index contributed by atoms with van der Waals surface area (Å²) in [5.41, 5.74) is 1.18. The second-order valence-corrected chi connectivity index (χ2v) is 12.2. The molecule has 45 heavy (non-hydrogen) atoms. The third-order valence-corrected chi connectivity index (χ3v) is 7.33. The molecule has 0 aromatic heterocycles. The number of benzene rings is 1. The molecule has 3 rings (SSSR count). The van der Waals surface area contributed by atoms with Crippen molar-refractivity contribution in [2.75, 3.05) is 13.1 Å². The number of hydrogen-bond acceptors (Lipinski definition) is 11. The number of aryl methyl sites for hydroxylation is 1. The highest BCUT2D eigenvalue weighted by molar-refractivity contribution is 6.13. The summed E-state index contributed by atoms with van der Waals surface area (Å²) in [5.74, 6) is -3.01. The molecule has 0 saturated carbocycles. The summed E-state index contributed by atoms with van der Waals surface area (Å²) in [6, 6.07) is 5.01. The van der Waals surface area contributed by atoms with Crippen molar-refractivity contribution in [3.05, 3.63) is 41.5 Å². The molecule has 2 aliphatic rings. The largest absolute Gasteiger partial charge is 0.479 e. The fraction of sp³-hybridized carbons (Fsp3) is 0.581. The number of imide groups is 1. The first-order chi connectivity index (χ1) is 21.2. The van der Waals surface area contributed by atoms with Gasteiger partial charge in [0, 0.05) is 43.6 Å². The van der Waals surface area contributed by atoms with E-state index in [1.165, 1.54) is 12.2 Å². The van der Waals surface area contributed by atoms with E-state index in [-0.39, 0.29) is 43.1 Å². The Bertz CT molecular complexity index is 1260. The molecular formula is C31H42N2O12. The Morgan fingerprint density at radius 3 is 2.31 bits per heavy atom. The van der Waals surface area contributed by atoms with Crippen LogP contribution in [0, 0.1) is 5.41 Å². The topological polar surface area (TPSA) is 209 Å². The van der Waals surface area contributed by atoms with Gasteiger partial charge in [0.1, 0.15) is 30.7 Å². The Morgan fingerprint density at radius 2 is 1.67 bits per heavy atom. The molecule has 2 aliphatic heterocycles. The molecular weight excluding hydrogens is 592 g/mol. The quantitative estimate of drug-likeness (QED) is 0.102. The number of carboxylic acids is 1. The van der Waals surface area contributed by atoms with Crippen molar-refractivity contribution >= 4 is 29.7 Å². The van der Waals surface area contributed by atoms with Crippen LogP contribution in [-0.2, 0) is 46.5 Å². The maximum Gasteiger partial charge on any atom is 0.335 e. The van der Waals surface area contributed by atoms with E-state index in [4.69, 9.17) is 14.2 Å². The van der Waals surface area contributed by atoms with Crippen LogP contribution in [0.1, 0.15) is 64.0 Å². The molecule has 0 spiro atoms. The number of nitrogens with zero attached hydrogens (tertiary/aromatic N) is 1. The number of carboxylic acid groups (broad SMARTS) is 1. The highest BCUT2D eigenvalue weighted by Crippen LogP contribution is 2.29. The van der Waals surface area contributed by atoms with Crippen molar-refractivity contribution in [3.8, 4) is 5.75 Å². The highest BCUT2D eigenvalue weighted by atomic mass is 16.7. The second kappa shape index (κ2) is 15.9. The number of esters is 1. The van der Waals surface area contributed by atoms with Gasteiger partial charge >= 0.3 is 11.9 Å². The number of amides is 3. The number of aliphatic hydroxyl groups excluding tert-OH is 3. The van der Waals surface area contributed by atoms with Crippen molar-refractivity contribution in [1.29, 1.82) is 0 Å². The number of aliphatic carboxylic acids is 1. The lowest BCUT2D eigenvalue weighted by molar-refractivity contribution is -0.271. The molecule has 1 saturated heterocycles. The smallest absolute Gasteiger partial charge is 0.335 e. The fourth-order valence-corrected chi connectivity index (χ4v) is 4.63. The maximum atomic E-state index is 12.4. The van der Waals surface area contributed by atoms with Gasteiger partial charge in [-0.05, 0) is 48.8 Å². The average Bonchev–Trinajstić information content (AvgIpc) is 3.30. The van der Waals surface area contributed by atoms with Crippen LogP contribution in [0.25, 0.3) is 0 Å². The van der Waals surface area contributed by atoms with E-state index in [0.717, 1.165) is 10.5 Å². The molecule has 5 atom stereocenters. The predicted octanol–water partition coefficient (Wildman–Crippen LogP) is 0.581. The van der Waals surface area contributed by atoms with Crippen LogP contribution < -0.4 is 10.1 Å². The van der Waals surface area contributed by atoms with Crippen molar-refractivity contribution in [1.82, 2.24) is 10.2 Å². The number of aliphatic hydroxyl groups is 3. The number of carbonyl (C=O) groups is 5. The molecule has 14 nitrogen and oxygen atoms in total. The molecule has 0 radical (unpaired) electrons. The van der Waals surface area contributed by atoms with Crippen LogP contribution in [0.2, 0.25) is 0 Å². The number of rotatable bonds is 15. The zero-order valence-electron chi connectivity index (χ0n) is 25.6. The standard InChI is InChI=1S/C31H42N2O12/c1-31(2,3)13-11-24(37)43-17-19-16-18(6-4-5-14-32-21(34)12-15-33-22(35)9-10-23(33)36)7-8-20(19)44-30-27(40)25(38)26(39)28(45-30)29(41)42/h7-10,16,25-28,30,38-40H,4-6,11-15,17H2,1-3H3,(H,32,34)(H,41,42)/t25-,26-,27+,28-,30+/m0/s1. The third kappa shape index (κ3) is 10.6. The molecule has 1 aromatic carbocycles. The number of nitrogens with one attached hydrogen (secondary N) is 1. The lowest BCUT2D eigenvalue weighted by Gasteiger charge is -2.38. The van der Waals surface area contributed by atoms with E-state index in [1.54, 1.807) is 18.2 Å². The maximum absolute atomic E-state index is 12.4. The molecule has 0 unspecified atom stereocenters. The van der Waals surface area contributed by atoms with Crippen LogP contribution in [0.4, 0.5) is 0 Å². The Morgan fingerprint density at radius 1 is 0.978 bits per heavy atom. The van der Waals surface area contributed by atoms with Gasteiger partial charge in [0.25, 0.3) is 11.8 Å². The molecule has 0 aliphatic carbocycles. The number of hydrogen-bond donors (Lipinski definition) is 5. The summed E-state index contributed by atoms with van der Waals surface area (Å²) in [6.07, 6.45) is -3.93. The normalized spacial score (nSPS) is 23.2. The van der Waals surface area contributed by atoms with Gasteiger partial charge in [-0.3, -0.25) is 24.1 Å². The predicted molar refractivity (Wildman–Crippen MR) is 156 cm³/mol. The third-order valence-electron chi connectivity index (χ3n) is 7.33. The van der Waals surface area contributed by atoms with Gasteiger partial charge in [0.15, 0.2) is 6.10 Å². The van der Waals surface area contributed by atoms with Crippen LogP contribution >= 0.6 is 0 Å². The van der Waals surface area contributed by atoms with Gasteiger partial charge in [-0.25, -0.2) is 4.79 Å². The van der Waals surface area contributed by atoms with Crippen molar-refractivity contribution < 1.29 is 58.6 Å². The molecule has 5 N–H and O–H groups in total. The van der Waals surface area contributed by atoms with E-state index in [9.17, 15) is 44.4 Å². The van der Waals surface area contributed by atoms with Gasteiger partial charge in [-0.15, -0.1) is 0 Å². The number of unbranched alkanes of at least 4 members (excludes halogenated alkanes) is 1. The minimum absolute atomic E-state index is 0.00105. The van der Waals surface area contributed by atoms with Gasteiger partial charge in [-0.1, -0.05) is 26.8 Å². The van der Waals surface area contributed by atoms with E-state index >= 15 is 0 Å². The van der Waals surface area contributed by atoms with Crippen molar-refractivity contribution in [2.24, 2.45) is 5.41 Å². The molecule has 14 heteroatoms. The molecule has 2 heterocycles. The zero-order valence-corrected chi connectivity index (χ0v) is 25.6. The molecule has 1 aromatic rings. The Balaban J connectivity index is 1.59. The highest BCUT2D eigenvalue weighted by Gasteiger charge is 2.48. The molecule has 0 bridgehead atoms. The minimum Gasteiger partial charge on any atom is -0.479 e. The van der Waals surface area contributed by atoms with Crippen LogP contribution in [-0.4, -0.2) is 98.8 Å². The first-order valence-corrected chi connectivity index (χ1v) is 14.8. The fourth-order valence-electron chi connectivity index (χ4n) is 4.63. The second-order valence-electron chi connectivity index (χ2n) is 12.2. The molecule has 248 valence electrons. The zero-order chi connectivity index (χ0) is 33.3. The van der Waals surface area contributed by atoms with E-state index in [2.05, 4.69) is 5.32 Å². The average molecular weight is 635 g/mol. The van der Waals surface area contributed by atoms with Gasteiger partial charge < -0.3 is 40.0 Å². The molecule has 3 amide bonds. The Labute approximate surface area is 260 Å². The van der Waals surface area contributed by atoms with E-state index in [0.29, 0.717) is 37.8 Å². The SMILES string of the molecule is CC(C)(C)CCC(=O)OCc1cc(CCCCNC(=O)CCN2C(=O)C=CC2=O)ccc1O[C@@H]1O[C@H](C(=O)O)[C@@H](O)[C@H](O)[C@H]1O. The Hall–Kier alpha value is -3.85. The van der Waals surface area contributed by atoms with Gasteiger partial charge in [0.2, 0.25) is 12.2 Å². The summed E-state index contributed by atoms with van der Waals surface area (Å²) < 4.78 is 16.5. The van der Waals surface area contributed by atoms with Crippen LogP contribution in [0.15, 0.2) is 30.4 Å². The lowest BCUT2D eigenvalue weighted by Crippen LogP contribution is -2.61. The summed E-state index contributed by atoms with van der Waals surface area (Å²) >= 11 is 0. The summed E-state index contributed by atoms with van der Waals surface area (Å²) in [7, 11) is 0. The number of ether oxygens (including phenoxy) is 3. The van der Waals surface area contributed by atoms with Crippen molar-refractivity contribution in [3.63, 3.8) is 0 Å². The monoisotopic (exact) mass is 634 g/mol. The van der Waals surface area contributed by atoms with Crippen LogP contribution in [0.3, 0.4) is 0 Å².